The van der Waals surface area contributed by atoms with Crippen LogP contribution in [0, 0.1) is 0 Å². The van der Waals surface area contributed by atoms with Gasteiger partial charge in [0.1, 0.15) is 0 Å². The summed E-state index contributed by atoms with van der Waals surface area (Å²) >= 11 is 0. The number of rotatable bonds is 5. The van der Waals surface area contributed by atoms with Gasteiger partial charge in [0.15, 0.2) is 5.82 Å². The molecule has 1 aromatic carbocycles. The molecular formula is C19H27N3O2. The number of aliphatic hydroxyl groups is 1. The van der Waals surface area contributed by atoms with Gasteiger partial charge in [-0.05, 0) is 30.4 Å². The molecule has 24 heavy (non-hydrogen) atoms. The number of hydrogen-bond acceptors (Lipinski definition) is 5. The lowest BCUT2D eigenvalue weighted by molar-refractivity contribution is 0.127. The molecule has 3 rings (SSSR count). The predicted octanol–water partition coefficient (Wildman–Crippen LogP) is 3.24. The Morgan fingerprint density at radius 2 is 2.08 bits per heavy atom. The summed E-state index contributed by atoms with van der Waals surface area (Å²) < 4.78 is 5.41. The maximum Gasteiger partial charge on any atom is 0.232 e. The molecule has 5 heteroatoms. The van der Waals surface area contributed by atoms with Crippen LogP contribution in [0.15, 0.2) is 28.8 Å². The van der Waals surface area contributed by atoms with E-state index in [1.54, 1.807) is 0 Å². The van der Waals surface area contributed by atoms with E-state index in [0.29, 0.717) is 30.8 Å². The molecule has 1 aromatic heterocycles. The highest BCUT2D eigenvalue weighted by molar-refractivity contribution is 5.32. The largest absolute Gasteiger partial charge is 0.395 e. The third-order valence-electron chi connectivity index (χ3n) is 4.62. The van der Waals surface area contributed by atoms with Gasteiger partial charge < -0.3 is 9.63 Å². The van der Waals surface area contributed by atoms with E-state index in [0.717, 1.165) is 12.8 Å². The molecule has 1 aliphatic rings. The van der Waals surface area contributed by atoms with Crippen LogP contribution in [0.25, 0.3) is 0 Å². The molecular weight excluding hydrogens is 302 g/mol. The van der Waals surface area contributed by atoms with Gasteiger partial charge in [-0.1, -0.05) is 50.2 Å². The van der Waals surface area contributed by atoms with Crippen LogP contribution in [0.2, 0.25) is 0 Å². The lowest BCUT2D eigenvalue weighted by Gasteiger charge is -2.34. The van der Waals surface area contributed by atoms with Gasteiger partial charge in [0.2, 0.25) is 5.89 Å². The van der Waals surface area contributed by atoms with E-state index in [1.807, 2.05) is 0 Å². The van der Waals surface area contributed by atoms with E-state index < -0.39 is 0 Å². The number of aliphatic hydroxyl groups excluding tert-OH is 1. The minimum absolute atomic E-state index is 0.128. The zero-order chi connectivity index (χ0) is 17.2. The highest BCUT2D eigenvalue weighted by Gasteiger charge is 2.28. The van der Waals surface area contributed by atoms with Crippen LogP contribution in [0.1, 0.15) is 62.5 Å². The van der Waals surface area contributed by atoms with Crippen molar-refractivity contribution in [3.8, 4) is 0 Å². The fourth-order valence-electron chi connectivity index (χ4n) is 3.39. The zero-order valence-corrected chi connectivity index (χ0v) is 14.8. The number of benzene rings is 1. The van der Waals surface area contributed by atoms with Crippen LogP contribution in [0.3, 0.4) is 0 Å². The van der Waals surface area contributed by atoms with E-state index >= 15 is 0 Å². The molecule has 130 valence electrons. The van der Waals surface area contributed by atoms with Crippen molar-refractivity contribution < 1.29 is 9.63 Å². The van der Waals surface area contributed by atoms with Crippen molar-refractivity contribution in [2.75, 3.05) is 13.2 Å². The van der Waals surface area contributed by atoms with Gasteiger partial charge in [0, 0.05) is 18.0 Å². The summed E-state index contributed by atoms with van der Waals surface area (Å²) in [6.45, 7) is 7.52. The Morgan fingerprint density at radius 3 is 2.79 bits per heavy atom. The highest BCUT2D eigenvalue weighted by Crippen LogP contribution is 2.34. The van der Waals surface area contributed by atoms with Crippen molar-refractivity contribution in [3.63, 3.8) is 0 Å². The van der Waals surface area contributed by atoms with Gasteiger partial charge in [-0.25, -0.2) is 0 Å². The van der Waals surface area contributed by atoms with E-state index in [4.69, 9.17) is 4.52 Å². The molecule has 1 heterocycles. The van der Waals surface area contributed by atoms with E-state index in [-0.39, 0.29) is 12.0 Å². The lowest BCUT2D eigenvalue weighted by atomic mass is 9.87. The van der Waals surface area contributed by atoms with Crippen molar-refractivity contribution in [3.05, 3.63) is 47.1 Å². The quantitative estimate of drug-likeness (QED) is 0.912. The van der Waals surface area contributed by atoms with Crippen molar-refractivity contribution in [2.45, 2.75) is 58.0 Å². The van der Waals surface area contributed by atoms with E-state index in [2.05, 4.69) is 60.1 Å². The second-order valence-corrected chi connectivity index (χ2v) is 7.57. The number of aryl methyl sites for hydroxylation is 1. The van der Waals surface area contributed by atoms with Crippen LogP contribution in [-0.4, -0.2) is 33.3 Å². The molecule has 0 radical (unpaired) electrons. The average Bonchev–Trinajstić information content (AvgIpc) is 3.03. The highest BCUT2D eigenvalue weighted by atomic mass is 16.5. The summed E-state index contributed by atoms with van der Waals surface area (Å²) in [7, 11) is 0. The first-order valence-corrected chi connectivity index (χ1v) is 8.75. The Morgan fingerprint density at radius 1 is 1.29 bits per heavy atom. The number of aromatic nitrogens is 2. The minimum Gasteiger partial charge on any atom is -0.395 e. The lowest BCUT2D eigenvalue weighted by Crippen LogP contribution is -2.33. The standard InChI is InChI=1S/C19H27N3O2/c1-19(2,3)18-20-17(21-24-18)13-22(11-12-23)16-10-6-8-14-7-4-5-9-15(14)16/h4-5,7,9,16,23H,6,8,10-13H2,1-3H3. The van der Waals surface area contributed by atoms with E-state index in [1.165, 1.54) is 17.5 Å². The Bertz CT molecular complexity index is 675. The first-order chi connectivity index (χ1) is 11.5. The molecule has 1 N–H and O–H groups in total. The smallest absolute Gasteiger partial charge is 0.232 e. The maximum atomic E-state index is 9.52. The number of fused-ring (bicyclic) bond motifs is 1. The number of nitrogens with zero attached hydrogens (tertiary/aromatic N) is 3. The second-order valence-electron chi connectivity index (χ2n) is 7.57. The molecule has 0 saturated carbocycles. The third kappa shape index (κ3) is 3.68. The minimum atomic E-state index is -0.148. The fourth-order valence-corrected chi connectivity index (χ4v) is 3.39. The first kappa shape index (κ1) is 17.1. The maximum absolute atomic E-state index is 9.52. The third-order valence-corrected chi connectivity index (χ3v) is 4.62. The van der Waals surface area contributed by atoms with Gasteiger partial charge in [-0.15, -0.1) is 0 Å². The molecule has 0 spiro atoms. The topological polar surface area (TPSA) is 62.4 Å². The normalized spacial score (nSPS) is 18.0. The molecule has 0 saturated heterocycles. The van der Waals surface area contributed by atoms with Crippen LogP contribution < -0.4 is 0 Å². The molecule has 2 aromatic rings. The molecule has 0 aliphatic heterocycles. The Labute approximate surface area is 143 Å². The molecule has 0 fully saturated rings. The van der Waals surface area contributed by atoms with E-state index in [9.17, 15) is 5.11 Å². The van der Waals surface area contributed by atoms with Crippen LogP contribution in [-0.2, 0) is 18.4 Å². The van der Waals surface area contributed by atoms with Crippen LogP contribution >= 0.6 is 0 Å². The van der Waals surface area contributed by atoms with Gasteiger partial charge in [0.25, 0.3) is 0 Å². The Hall–Kier alpha value is -1.72. The summed E-state index contributed by atoms with van der Waals surface area (Å²) in [6, 6.07) is 8.93. The molecule has 1 aliphatic carbocycles. The van der Waals surface area contributed by atoms with Gasteiger partial charge >= 0.3 is 0 Å². The second kappa shape index (κ2) is 7.03. The molecule has 0 bridgehead atoms. The zero-order valence-electron chi connectivity index (χ0n) is 14.8. The average molecular weight is 329 g/mol. The van der Waals surface area contributed by atoms with Crippen molar-refractivity contribution in [1.29, 1.82) is 0 Å². The van der Waals surface area contributed by atoms with Crippen molar-refractivity contribution >= 4 is 0 Å². The summed E-state index contributed by atoms with van der Waals surface area (Å²) in [4.78, 5) is 6.83. The SMILES string of the molecule is CC(C)(C)c1nc(CN(CCO)C2CCCc3ccccc32)no1. The summed E-state index contributed by atoms with van der Waals surface area (Å²) in [6.07, 6.45) is 3.40. The summed E-state index contributed by atoms with van der Waals surface area (Å²) in [5, 5.41) is 13.7. The van der Waals surface area contributed by atoms with Gasteiger partial charge in [0.05, 0.1) is 13.2 Å². The monoisotopic (exact) mass is 329 g/mol. The van der Waals surface area contributed by atoms with Crippen LogP contribution in [0.4, 0.5) is 0 Å². The van der Waals surface area contributed by atoms with Crippen molar-refractivity contribution in [1.82, 2.24) is 15.0 Å². The van der Waals surface area contributed by atoms with Gasteiger partial charge in [-0.3, -0.25) is 4.90 Å². The van der Waals surface area contributed by atoms with Crippen molar-refractivity contribution in [2.24, 2.45) is 0 Å². The molecule has 5 nitrogen and oxygen atoms in total. The summed E-state index contributed by atoms with van der Waals surface area (Å²) in [5.74, 6) is 1.35. The van der Waals surface area contributed by atoms with Crippen LogP contribution in [0.5, 0.6) is 0 Å². The van der Waals surface area contributed by atoms with Gasteiger partial charge in [-0.2, -0.15) is 4.98 Å². The summed E-state index contributed by atoms with van der Waals surface area (Å²) in [5.41, 5.74) is 2.64. The predicted molar refractivity (Wildman–Crippen MR) is 92.6 cm³/mol. The molecule has 1 unspecified atom stereocenters. The number of hydrogen-bond donors (Lipinski definition) is 1. The Balaban J connectivity index is 1.82. The first-order valence-electron chi connectivity index (χ1n) is 8.75. The molecule has 1 atom stereocenters. The Kier molecular flexibility index (Phi) is 5.01. The molecule has 0 amide bonds. The fraction of sp³-hybridized carbons (Fsp3) is 0.579.